The van der Waals surface area contributed by atoms with Gasteiger partial charge < -0.3 is 13.8 Å². The molecule has 0 bridgehead atoms. The van der Waals surface area contributed by atoms with E-state index in [1.165, 1.54) is 0 Å². The third-order valence-electron chi connectivity index (χ3n) is 0.572. The van der Waals surface area contributed by atoms with Gasteiger partial charge in [-0.05, 0) is 0 Å². The minimum absolute atomic E-state index is 0.306. The molecule has 0 saturated heterocycles. The Morgan fingerprint density at radius 3 is 2.38 bits per heavy atom. The van der Waals surface area contributed by atoms with Gasteiger partial charge in [0.2, 0.25) is 0 Å². The first kappa shape index (κ1) is 8.07. The molecule has 3 nitrogen and oxygen atoms in total. The van der Waals surface area contributed by atoms with Crippen molar-refractivity contribution in [1.29, 1.82) is 0 Å². The van der Waals surface area contributed by atoms with Gasteiger partial charge in [-0.1, -0.05) is 6.82 Å². The van der Waals surface area contributed by atoms with Crippen LogP contribution < -0.4 is 0 Å². The van der Waals surface area contributed by atoms with Gasteiger partial charge in [0.05, 0.1) is 0 Å². The zero-order valence-electron chi connectivity index (χ0n) is 5.35. The second-order valence-corrected chi connectivity index (χ2v) is 1.22. The van der Waals surface area contributed by atoms with Crippen molar-refractivity contribution in [3.63, 3.8) is 0 Å². The largest absolute Gasteiger partial charge is 0.481 e. The fraction of sp³-hybridized carbons (Fsp3) is 1.00. The Labute approximate surface area is 51.6 Å². The molecule has 0 radical (unpaired) electrons. The lowest BCUT2D eigenvalue weighted by molar-refractivity contribution is 0.354. The average molecular weight is 114 g/mol. The van der Waals surface area contributed by atoms with Gasteiger partial charge in [0.1, 0.15) is 0 Å². The van der Waals surface area contributed by atoms with E-state index in [0.717, 1.165) is 0 Å². The minimum Gasteiger partial charge on any atom is -0.481 e. The second kappa shape index (κ2) is 7.07. The zero-order chi connectivity index (χ0) is 6.24. The molecule has 0 aliphatic heterocycles. The summed E-state index contributed by atoms with van der Waals surface area (Å²) in [7, 11) is 2.89. The first-order valence-electron chi connectivity index (χ1n) is 2.56. The molecule has 0 N–H and O–H groups in total. The minimum atomic E-state index is 0.306. The maximum absolute atomic E-state index is 4.83. The topological polar surface area (TPSA) is 27.7 Å². The van der Waals surface area contributed by atoms with Gasteiger partial charge in [-0.15, -0.1) is 0 Å². The van der Waals surface area contributed by atoms with E-state index < -0.39 is 0 Å². The summed E-state index contributed by atoms with van der Waals surface area (Å²) < 4.78 is 14.2. The summed E-state index contributed by atoms with van der Waals surface area (Å²) in [6.45, 7) is 1.91. The Hall–Kier alpha value is 0.0748. The van der Waals surface area contributed by atoms with Crippen molar-refractivity contribution >= 4 is 22.9 Å². The lowest BCUT2D eigenvalue weighted by atomic mass is 10.1. The summed E-state index contributed by atoms with van der Waals surface area (Å²) in [4.78, 5) is 0. The van der Waals surface area contributed by atoms with Crippen molar-refractivity contribution in [1.82, 2.24) is 0 Å². The van der Waals surface area contributed by atoms with Crippen LogP contribution >= 0.6 is 0 Å². The Morgan fingerprint density at radius 2 is 1.88 bits per heavy atom. The molecule has 44 valence electrons. The van der Waals surface area contributed by atoms with E-state index in [1.807, 2.05) is 6.82 Å². The van der Waals surface area contributed by atoms with Crippen molar-refractivity contribution in [2.45, 2.75) is 6.82 Å². The third kappa shape index (κ3) is 6.07. The van der Waals surface area contributed by atoms with Gasteiger partial charge in [0.15, 0.2) is 0 Å². The smallest absolute Gasteiger partial charge is 0.423 e. The normalized spacial score (nSPS) is 8.25. The molecule has 0 heterocycles. The fourth-order valence-electron chi connectivity index (χ4n) is 0.260. The molecular formula is C2H9B3O3. The molecule has 0 aromatic carbocycles. The molecule has 0 aliphatic rings. The Kier molecular flexibility index (Phi) is 7.14. The summed E-state index contributed by atoms with van der Waals surface area (Å²) in [5, 5.41) is 0. The highest BCUT2D eigenvalue weighted by Gasteiger charge is 1.89. The van der Waals surface area contributed by atoms with Gasteiger partial charge in [0, 0.05) is 7.11 Å². The molecule has 0 atom stereocenters. The third-order valence-corrected chi connectivity index (χ3v) is 0.572. The second-order valence-electron chi connectivity index (χ2n) is 1.22. The SMILES string of the molecule is CBOBOBOC. The Morgan fingerprint density at radius 1 is 1.12 bits per heavy atom. The van der Waals surface area contributed by atoms with Gasteiger partial charge in [-0.2, -0.15) is 0 Å². The first-order chi connectivity index (χ1) is 3.91. The molecule has 0 rings (SSSR count). The lowest BCUT2D eigenvalue weighted by Crippen LogP contribution is -2.10. The molecule has 0 aromatic heterocycles. The number of rotatable bonds is 5. The van der Waals surface area contributed by atoms with E-state index in [1.54, 1.807) is 7.11 Å². The molecule has 0 aromatic rings. The van der Waals surface area contributed by atoms with Crippen LogP contribution in [-0.2, 0) is 13.8 Å². The van der Waals surface area contributed by atoms with Gasteiger partial charge in [-0.3, -0.25) is 0 Å². The summed E-state index contributed by atoms with van der Waals surface area (Å²) in [5.41, 5.74) is 0. The maximum Gasteiger partial charge on any atom is 0.423 e. The van der Waals surface area contributed by atoms with Crippen molar-refractivity contribution in [3.8, 4) is 0 Å². The summed E-state index contributed by atoms with van der Waals surface area (Å²) in [6.07, 6.45) is 0. The molecule has 0 saturated carbocycles. The van der Waals surface area contributed by atoms with Crippen LogP contribution in [-0.4, -0.2) is 30.0 Å². The highest BCUT2D eigenvalue weighted by molar-refractivity contribution is 6.42. The molecule has 0 spiro atoms. The summed E-state index contributed by atoms with van der Waals surface area (Å²) >= 11 is 0. The summed E-state index contributed by atoms with van der Waals surface area (Å²) in [5.74, 6) is 0. The van der Waals surface area contributed by atoms with Crippen LogP contribution in [0.5, 0.6) is 0 Å². The lowest BCUT2D eigenvalue weighted by Gasteiger charge is -1.96. The molecule has 8 heavy (non-hydrogen) atoms. The van der Waals surface area contributed by atoms with Crippen LogP contribution in [0.4, 0.5) is 0 Å². The highest BCUT2D eigenvalue weighted by atomic mass is 16.6. The van der Waals surface area contributed by atoms with Crippen LogP contribution in [0.3, 0.4) is 0 Å². The van der Waals surface area contributed by atoms with E-state index in [9.17, 15) is 0 Å². The van der Waals surface area contributed by atoms with E-state index >= 15 is 0 Å². The van der Waals surface area contributed by atoms with Crippen LogP contribution in [0.25, 0.3) is 0 Å². The van der Waals surface area contributed by atoms with Crippen LogP contribution in [0.15, 0.2) is 0 Å². The number of hydrogen-bond donors (Lipinski definition) is 0. The zero-order valence-corrected chi connectivity index (χ0v) is 5.35. The van der Waals surface area contributed by atoms with Crippen molar-refractivity contribution < 1.29 is 13.8 Å². The van der Waals surface area contributed by atoms with E-state index in [-0.39, 0.29) is 0 Å². The van der Waals surface area contributed by atoms with Gasteiger partial charge in [-0.25, -0.2) is 0 Å². The molecule has 0 unspecified atom stereocenters. The molecular weight excluding hydrogens is 104 g/mol. The van der Waals surface area contributed by atoms with Crippen molar-refractivity contribution in [2.75, 3.05) is 7.11 Å². The predicted molar refractivity (Wildman–Crippen MR) is 36.5 cm³/mol. The van der Waals surface area contributed by atoms with E-state index in [4.69, 9.17) is 9.14 Å². The highest BCUT2D eigenvalue weighted by Crippen LogP contribution is 1.68. The first-order valence-corrected chi connectivity index (χ1v) is 2.56. The van der Waals surface area contributed by atoms with E-state index in [0.29, 0.717) is 22.9 Å². The van der Waals surface area contributed by atoms with Crippen LogP contribution in [0, 0.1) is 0 Å². The average Bonchev–Trinajstić information content (AvgIpc) is 1.81. The van der Waals surface area contributed by atoms with E-state index in [2.05, 4.69) is 4.65 Å². The van der Waals surface area contributed by atoms with Crippen LogP contribution in [0.1, 0.15) is 0 Å². The maximum atomic E-state index is 4.83. The molecule has 6 heteroatoms. The van der Waals surface area contributed by atoms with Crippen molar-refractivity contribution in [2.24, 2.45) is 0 Å². The van der Waals surface area contributed by atoms with Crippen molar-refractivity contribution in [3.05, 3.63) is 0 Å². The summed E-state index contributed by atoms with van der Waals surface area (Å²) in [6, 6.07) is 0. The van der Waals surface area contributed by atoms with Gasteiger partial charge in [0.25, 0.3) is 7.48 Å². The Balaban J connectivity index is 2.53. The van der Waals surface area contributed by atoms with Gasteiger partial charge >= 0.3 is 15.4 Å². The predicted octanol–water partition coefficient (Wildman–Crippen LogP) is -1.40. The Bertz CT molecular complexity index is 37.5. The fourth-order valence-corrected chi connectivity index (χ4v) is 0.260. The molecule has 0 aliphatic carbocycles. The standard InChI is InChI=1S/C2H9B3O3/c1-3-7-5-8-4-6-2/h3-5H,1-2H3. The molecule has 0 fully saturated rings. The van der Waals surface area contributed by atoms with Crippen LogP contribution in [0.2, 0.25) is 6.82 Å². The molecule has 0 amide bonds. The monoisotopic (exact) mass is 114 g/mol. The number of hydrogen-bond acceptors (Lipinski definition) is 3. The quantitative estimate of drug-likeness (QED) is 0.324.